The number of benzene rings is 1. The molecule has 4 heteroatoms. The second-order valence-corrected chi connectivity index (χ2v) is 5.39. The van der Waals surface area contributed by atoms with E-state index in [1.165, 1.54) is 24.6 Å². The maximum atomic E-state index is 13.5. The van der Waals surface area contributed by atoms with Crippen molar-refractivity contribution in [2.75, 3.05) is 0 Å². The van der Waals surface area contributed by atoms with E-state index in [-0.39, 0.29) is 11.7 Å². The predicted octanol–water partition coefficient (Wildman–Crippen LogP) is 3.85. The van der Waals surface area contributed by atoms with Crippen LogP contribution in [0.15, 0.2) is 23.1 Å². The molecule has 18 heavy (non-hydrogen) atoms. The highest BCUT2D eigenvalue weighted by molar-refractivity contribution is 7.80. The maximum Gasteiger partial charge on any atom is 0.341 e. The number of carbonyl (C=O) groups is 1. The van der Waals surface area contributed by atoms with E-state index in [0.29, 0.717) is 10.8 Å². The van der Waals surface area contributed by atoms with Crippen LogP contribution in [0.25, 0.3) is 0 Å². The van der Waals surface area contributed by atoms with Crippen LogP contribution in [-0.2, 0) is 4.74 Å². The average Bonchev–Trinajstić information content (AvgIpc) is 2.35. The van der Waals surface area contributed by atoms with E-state index in [4.69, 9.17) is 4.74 Å². The zero-order valence-electron chi connectivity index (χ0n) is 10.4. The Bertz CT molecular complexity index is 447. The van der Waals surface area contributed by atoms with E-state index in [9.17, 15) is 9.18 Å². The van der Waals surface area contributed by atoms with Crippen molar-refractivity contribution < 1.29 is 13.9 Å². The van der Waals surface area contributed by atoms with Gasteiger partial charge in [0.15, 0.2) is 0 Å². The minimum atomic E-state index is -0.581. The summed E-state index contributed by atoms with van der Waals surface area (Å²) in [6.07, 6.45) is 4.09. The topological polar surface area (TPSA) is 26.3 Å². The standard InChI is InChI=1S/C14H17FO2S/c1-9-4-2-3-5-13(9)17-14(16)11-8-10(18)6-7-12(11)15/h6-9,13,18H,2-5H2,1H3. The molecular formula is C14H17FO2S. The molecule has 0 amide bonds. The number of carbonyl (C=O) groups excluding carboxylic acids is 1. The van der Waals surface area contributed by atoms with Crippen molar-refractivity contribution in [1.82, 2.24) is 0 Å². The van der Waals surface area contributed by atoms with E-state index in [1.807, 2.05) is 0 Å². The monoisotopic (exact) mass is 268 g/mol. The first-order valence-corrected chi connectivity index (χ1v) is 6.72. The lowest BCUT2D eigenvalue weighted by Gasteiger charge is -2.28. The van der Waals surface area contributed by atoms with Gasteiger partial charge in [0, 0.05) is 4.90 Å². The minimum Gasteiger partial charge on any atom is -0.458 e. The largest absolute Gasteiger partial charge is 0.458 e. The molecule has 0 aromatic heterocycles. The third kappa shape index (κ3) is 3.05. The van der Waals surface area contributed by atoms with Gasteiger partial charge in [-0.1, -0.05) is 13.3 Å². The van der Waals surface area contributed by atoms with Gasteiger partial charge in [-0.3, -0.25) is 0 Å². The fourth-order valence-electron chi connectivity index (χ4n) is 2.33. The average molecular weight is 268 g/mol. The minimum absolute atomic E-state index is 0.0275. The van der Waals surface area contributed by atoms with Crippen LogP contribution in [0, 0.1) is 11.7 Å². The highest BCUT2D eigenvalue weighted by Gasteiger charge is 2.26. The number of esters is 1. The Morgan fingerprint density at radius 1 is 1.39 bits per heavy atom. The van der Waals surface area contributed by atoms with Crippen molar-refractivity contribution in [2.45, 2.75) is 43.6 Å². The molecule has 1 aliphatic carbocycles. The van der Waals surface area contributed by atoms with Gasteiger partial charge in [0.1, 0.15) is 11.9 Å². The Labute approximate surface area is 112 Å². The molecule has 0 aliphatic heterocycles. The Kier molecular flexibility index (Phi) is 4.27. The fourth-order valence-corrected chi connectivity index (χ4v) is 2.53. The van der Waals surface area contributed by atoms with Crippen LogP contribution in [0.3, 0.4) is 0 Å². The summed E-state index contributed by atoms with van der Waals surface area (Å²) < 4.78 is 18.9. The first-order valence-electron chi connectivity index (χ1n) is 6.27. The van der Waals surface area contributed by atoms with Crippen molar-refractivity contribution >= 4 is 18.6 Å². The van der Waals surface area contributed by atoms with Gasteiger partial charge in [-0.25, -0.2) is 9.18 Å². The number of thiol groups is 1. The van der Waals surface area contributed by atoms with Crippen molar-refractivity contribution in [1.29, 1.82) is 0 Å². The zero-order valence-corrected chi connectivity index (χ0v) is 11.3. The molecule has 0 bridgehead atoms. The van der Waals surface area contributed by atoms with E-state index in [0.717, 1.165) is 19.3 Å². The zero-order chi connectivity index (χ0) is 13.1. The molecule has 0 N–H and O–H groups in total. The fraction of sp³-hybridized carbons (Fsp3) is 0.500. The van der Waals surface area contributed by atoms with Crippen molar-refractivity contribution in [3.63, 3.8) is 0 Å². The molecule has 1 aromatic rings. The van der Waals surface area contributed by atoms with Crippen LogP contribution in [-0.4, -0.2) is 12.1 Å². The molecule has 2 unspecified atom stereocenters. The van der Waals surface area contributed by atoms with E-state index >= 15 is 0 Å². The molecule has 0 radical (unpaired) electrons. The van der Waals surface area contributed by atoms with E-state index in [2.05, 4.69) is 19.6 Å². The van der Waals surface area contributed by atoms with Gasteiger partial charge in [0.05, 0.1) is 5.56 Å². The third-order valence-corrected chi connectivity index (χ3v) is 3.74. The Balaban J connectivity index is 2.09. The van der Waals surface area contributed by atoms with Crippen LogP contribution in [0.5, 0.6) is 0 Å². The molecule has 1 fully saturated rings. The molecule has 98 valence electrons. The molecular weight excluding hydrogens is 251 g/mol. The first kappa shape index (κ1) is 13.4. The summed E-state index contributed by atoms with van der Waals surface area (Å²) in [5.74, 6) is -0.784. The summed E-state index contributed by atoms with van der Waals surface area (Å²) in [7, 11) is 0. The first-order chi connectivity index (χ1) is 8.58. The Morgan fingerprint density at radius 2 is 2.11 bits per heavy atom. The molecule has 0 heterocycles. The number of rotatable bonds is 2. The Morgan fingerprint density at radius 3 is 2.83 bits per heavy atom. The lowest BCUT2D eigenvalue weighted by atomic mass is 9.88. The third-order valence-electron chi connectivity index (χ3n) is 3.46. The summed E-state index contributed by atoms with van der Waals surface area (Å²) in [5.41, 5.74) is -0.0275. The number of ether oxygens (including phenoxy) is 1. The second-order valence-electron chi connectivity index (χ2n) is 4.87. The predicted molar refractivity (Wildman–Crippen MR) is 70.5 cm³/mol. The highest BCUT2D eigenvalue weighted by Crippen LogP contribution is 2.27. The number of halogens is 1. The summed E-state index contributed by atoms with van der Waals surface area (Å²) in [4.78, 5) is 12.5. The smallest absolute Gasteiger partial charge is 0.341 e. The van der Waals surface area contributed by atoms with Crippen LogP contribution >= 0.6 is 12.6 Å². The van der Waals surface area contributed by atoms with E-state index < -0.39 is 11.8 Å². The maximum absolute atomic E-state index is 13.5. The molecule has 2 nitrogen and oxygen atoms in total. The van der Waals surface area contributed by atoms with Crippen LogP contribution in [0.1, 0.15) is 43.0 Å². The van der Waals surface area contributed by atoms with E-state index in [1.54, 1.807) is 0 Å². The summed E-state index contributed by atoms with van der Waals surface area (Å²) in [6.45, 7) is 2.07. The van der Waals surface area contributed by atoms with Gasteiger partial charge in [0.25, 0.3) is 0 Å². The van der Waals surface area contributed by atoms with Crippen molar-refractivity contribution in [2.24, 2.45) is 5.92 Å². The normalized spacial score (nSPS) is 23.7. The summed E-state index contributed by atoms with van der Waals surface area (Å²) in [6, 6.07) is 4.16. The lowest BCUT2D eigenvalue weighted by Crippen LogP contribution is -2.28. The molecule has 0 saturated heterocycles. The molecule has 0 spiro atoms. The SMILES string of the molecule is CC1CCCCC1OC(=O)c1cc(S)ccc1F. The van der Waals surface area contributed by atoms with Gasteiger partial charge in [-0.05, 0) is 43.4 Å². The molecule has 1 aromatic carbocycles. The van der Waals surface area contributed by atoms with Gasteiger partial charge < -0.3 is 4.74 Å². The van der Waals surface area contributed by atoms with Crippen LogP contribution in [0.4, 0.5) is 4.39 Å². The quantitative estimate of drug-likeness (QED) is 0.651. The van der Waals surface area contributed by atoms with Crippen LogP contribution < -0.4 is 0 Å². The number of hydrogen-bond donors (Lipinski definition) is 1. The van der Waals surface area contributed by atoms with Crippen molar-refractivity contribution in [3.8, 4) is 0 Å². The highest BCUT2D eigenvalue weighted by atomic mass is 32.1. The summed E-state index contributed by atoms with van der Waals surface area (Å²) in [5, 5.41) is 0. The molecule has 2 rings (SSSR count). The molecule has 1 aliphatic rings. The number of hydrogen-bond acceptors (Lipinski definition) is 3. The Hall–Kier alpha value is -1.03. The van der Waals surface area contributed by atoms with Gasteiger partial charge in [0.2, 0.25) is 0 Å². The second kappa shape index (κ2) is 5.74. The van der Waals surface area contributed by atoms with Crippen LogP contribution in [0.2, 0.25) is 0 Å². The van der Waals surface area contributed by atoms with Gasteiger partial charge in [-0.2, -0.15) is 0 Å². The van der Waals surface area contributed by atoms with Crippen molar-refractivity contribution in [3.05, 3.63) is 29.6 Å². The molecule has 1 saturated carbocycles. The lowest BCUT2D eigenvalue weighted by molar-refractivity contribution is 0.00434. The van der Waals surface area contributed by atoms with Gasteiger partial charge >= 0.3 is 5.97 Å². The molecule has 2 atom stereocenters. The summed E-state index contributed by atoms with van der Waals surface area (Å²) >= 11 is 4.11. The van der Waals surface area contributed by atoms with Gasteiger partial charge in [-0.15, -0.1) is 12.6 Å².